The highest BCUT2D eigenvalue weighted by atomic mass is 16.5. The Morgan fingerprint density at radius 1 is 1.11 bits per heavy atom. The van der Waals surface area contributed by atoms with E-state index in [2.05, 4.69) is 37.6 Å². The molecule has 0 aliphatic carbocycles. The summed E-state index contributed by atoms with van der Waals surface area (Å²) < 4.78 is 5.65. The highest BCUT2D eigenvalue weighted by molar-refractivity contribution is 5.79. The lowest BCUT2D eigenvalue weighted by molar-refractivity contribution is 0.161. The maximum absolute atomic E-state index is 5.65. The van der Waals surface area contributed by atoms with Crippen LogP contribution in [0.1, 0.15) is 36.6 Å². The van der Waals surface area contributed by atoms with Crippen molar-refractivity contribution in [1.29, 1.82) is 0 Å². The van der Waals surface area contributed by atoms with Gasteiger partial charge in [0, 0.05) is 25.4 Å². The third-order valence-electron chi connectivity index (χ3n) is 5.18. The van der Waals surface area contributed by atoms with Crippen molar-refractivity contribution in [3.63, 3.8) is 0 Å². The van der Waals surface area contributed by atoms with E-state index in [1.165, 1.54) is 24.8 Å². The third kappa shape index (κ3) is 5.45. The maximum Gasteiger partial charge on any atom is 0.191 e. The predicted octanol–water partition coefficient (Wildman–Crippen LogP) is 2.98. The molecule has 1 aliphatic heterocycles. The molecule has 2 heterocycles. The quantitative estimate of drug-likeness (QED) is 0.570. The first-order valence-electron chi connectivity index (χ1n) is 10.0. The lowest BCUT2D eigenvalue weighted by atomic mass is 10.0. The fraction of sp³-hybridized carbons (Fsp3) is 0.455. The molecule has 3 rings (SSSR count). The SMILES string of the molecule is CN=C(NCc1ccccn1)NCC(c1ccccc1OC)N1CCCCC1. The van der Waals surface area contributed by atoms with Crippen molar-refractivity contribution in [3.05, 3.63) is 59.9 Å². The van der Waals surface area contributed by atoms with Crippen LogP contribution in [-0.2, 0) is 6.54 Å². The van der Waals surface area contributed by atoms with Gasteiger partial charge in [0.2, 0.25) is 0 Å². The van der Waals surface area contributed by atoms with Gasteiger partial charge in [0.15, 0.2) is 5.96 Å². The second kappa shape index (κ2) is 10.7. The first kappa shape index (κ1) is 20.1. The number of guanidine groups is 1. The van der Waals surface area contributed by atoms with Crippen LogP contribution in [0.25, 0.3) is 0 Å². The topological polar surface area (TPSA) is 61.8 Å². The van der Waals surface area contributed by atoms with Crippen LogP contribution in [0, 0.1) is 0 Å². The molecule has 2 aromatic rings. The predicted molar refractivity (Wildman–Crippen MR) is 114 cm³/mol. The molecule has 1 aromatic carbocycles. The summed E-state index contributed by atoms with van der Waals surface area (Å²) in [7, 11) is 3.54. The number of rotatable bonds is 7. The average molecular weight is 382 g/mol. The fourth-order valence-corrected chi connectivity index (χ4v) is 3.70. The smallest absolute Gasteiger partial charge is 0.191 e. The van der Waals surface area contributed by atoms with Crippen LogP contribution in [-0.4, -0.2) is 49.6 Å². The summed E-state index contributed by atoms with van der Waals surface area (Å²) in [5.74, 6) is 1.72. The molecule has 2 N–H and O–H groups in total. The summed E-state index contributed by atoms with van der Waals surface area (Å²) in [6.07, 6.45) is 5.62. The van der Waals surface area contributed by atoms with Gasteiger partial charge in [-0.1, -0.05) is 30.7 Å². The summed E-state index contributed by atoms with van der Waals surface area (Å²) in [4.78, 5) is 11.3. The number of aliphatic imine (C=N–C) groups is 1. The lowest BCUT2D eigenvalue weighted by Gasteiger charge is -2.35. The molecular formula is C22H31N5O. The number of hydrogen-bond acceptors (Lipinski definition) is 4. The molecule has 0 saturated carbocycles. The Morgan fingerprint density at radius 3 is 2.61 bits per heavy atom. The number of nitrogens with one attached hydrogen (secondary N) is 2. The minimum atomic E-state index is 0.241. The van der Waals surface area contributed by atoms with Gasteiger partial charge >= 0.3 is 0 Å². The molecule has 1 unspecified atom stereocenters. The fourth-order valence-electron chi connectivity index (χ4n) is 3.70. The molecule has 1 aliphatic rings. The van der Waals surface area contributed by atoms with Crippen LogP contribution >= 0.6 is 0 Å². The van der Waals surface area contributed by atoms with Gasteiger partial charge in [-0.25, -0.2) is 0 Å². The van der Waals surface area contributed by atoms with Gasteiger partial charge in [0.25, 0.3) is 0 Å². The van der Waals surface area contributed by atoms with Gasteiger partial charge in [0.05, 0.1) is 25.4 Å². The van der Waals surface area contributed by atoms with E-state index in [0.717, 1.165) is 37.0 Å². The van der Waals surface area contributed by atoms with E-state index in [0.29, 0.717) is 6.54 Å². The summed E-state index contributed by atoms with van der Waals surface area (Å²) in [6.45, 7) is 3.64. The van der Waals surface area contributed by atoms with Gasteiger partial charge in [-0.15, -0.1) is 0 Å². The van der Waals surface area contributed by atoms with Crippen molar-refractivity contribution < 1.29 is 4.74 Å². The Hall–Kier alpha value is -2.60. The molecule has 6 nitrogen and oxygen atoms in total. The molecule has 0 spiro atoms. The Balaban J connectivity index is 1.68. The van der Waals surface area contributed by atoms with Crippen LogP contribution in [0.15, 0.2) is 53.7 Å². The number of benzene rings is 1. The lowest BCUT2D eigenvalue weighted by Crippen LogP contribution is -2.44. The van der Waals surface area contributed by atoms with E-state index < -0.39 is 0 Å². The second-order valence-corrected chi connectivity index (χ2v) is 6.98. The molecule has 6 heteroatoms. The van der Waals surface area contributed by atoms with E-state index in [4.69, 9.17) is 4.74 Å². The number of hydrogen-bond donors (Lipinski definition) is 2. The third-order valence-corrected chi connectivity index (χ3v) is 5.18. The van der Waals surface area contributed by atoms with Gasteiger partial charge in [0.1, 0.15) is 5.75 Å². The van der Waals surface area contributed by atoms with Gasteiger partial charge in [-0.05, 0) is 44.1 Å². The number of aromatic nitrogens is 1. The van der Waals surface area contributed by atoms with Gasteiger partial charge in [-0.3, -0.25) is 14.9 Å². The molecule has 1 fully saturated rings. The monoisotopic (exact) mass is 381 g/mol. The van der Waals surface area contributed by atoms with Gasteiger partial charge in [-0.2, -0.15) is 0 Å². The summed E-state index contributed by atoms with van der Waals surface area (Å²) in [5, 5.41) is 6.85. The minimum absolute atomic E-state index is 0.241. The van der Waals surface area contributed by atoms with Crippen molar-refractivity contribution in [2.75, 3.05) is 33.8 Å². The number of pyridine rings is 1. The Labute approximate surface area is 168 Å². The molecule has 1 saturated heterocycles. The van der Waals surface area contributed by atoms with Crippen LogP contribution in [0.5, 0.6) is 5.75 Å². The number of methoxy groups -OCH3 is 1. The number of nitrogens with zero attached hydrogens (tertiary/aromatic N) is 3. The molecule has 0 amide bonds. The molecule has 150 valence electrons. The summed E-state index contributed by atoms with van der Waals surface area (Å²) in [5.41, 5.74) is 2.21. The van der Waals surface area contributed by atoms with Gasteiger partial charge < -0.3 is 15.4 Å². The van der Waals surface area contributed by atoms with E-state index >= 15 is 0 Å². The average Bonchev–Trinajstić information content (AvgIpc) is 2.77. The van der Waals surface area contributed by atoms with Crippen molar-refractivity contribution in [1.82, 2.24) is 20.5 Å². The summed E-state index contributed by atoms with van der Waals surface area (Å²) in [6, 6.07) is 14.5. The highest BCUT2D eigenvalue weighted by Crippen LogP contribution is 2.30. The van der Waals surface area contributed by atoms with Crippen molar-refractivity contribution in [2.45, 2.75) is 31.8 Å². The zero-order valence-electron chi connectivity index (χ0n) is 16.9. The summed E-state index contributed by atoms with van der Waals surface area (Å²) >= 11 is 0. The first-order valence-corrected chi connectivity index (χ1v) is 10.0. The van der Waals surface area contributed by atoms with Crippen molar-refractivity contribution in [2.24, 2.45) is 4.99 Å². The van der Waals surface area contributed by atoms with Crippen LogP contribution in [0.3, 0.4) is 0 Å². The number of piperidine rings is 1. The molecule has 1 aromatic heterocycles. The van der Waals surface area contributed by atoms with Crippen LogP contribution < -0.4 is 15.4 Å². The largest absolute Gasteiger partial charge is 0.496 e. The first-order chi connectivity index (χ1) is 13.8. The van der Waals surface area contributed by atoms with Crippen LogP contribution in [0.2, 0.25) is 0 Å². The standard InChI is InChI=1S/C22H31N5O/c1-23-22(25-16-18-10-6-7-13-24-18)26-17-20(27-14-8-3-9-15-27)19-11-4-5-12-21(19)28-2/h4-7,10-13,20H,3,8-9,14-17H2,1-2H3,(H2,23,25,26). The van der Waals surface area contributed by atoms with Crippen molar-refractivity contribution >= 4 is 5.96 Å². The van der Waals surface area contributed by atoms with Crippen molar-refractivity contribution in [3.8, 4) is 5.75 Å². The second-order valence-electron chi connectivity index (χ2n) is 6.98. The van der Waals surface area contributed by atoms with Crippen LogP contribution in [0.4, 0.5) is 0 Å². The zero-order valence-corrected chi connectivity index (χ0v) is 16.9. The Kier molecular flexibility index (Phi) is 7.67. The number of para-hydroxylation sites is 1. The molecule has 0 radical (unpaired) electrons. The van der Waals surface area contributed by atoms with E-state index in [9.17, 15) is 0 Å². The number of likely N-dealkylation sites (tertiary alicyclic amines) is 1. The van der Waals surface area contributed by atoms with E-state index in [1.807, 2.05) is 30.3 Å². The van der Waals surface area contributed by atoms with E-state index in [-0.39, 0.29) is 6.04 Å². The molecule has 0 bridgehead atoms. The minimum Gasteiger partial charge on any atom is -0.496 e. The highest BCUT2D eigenvalue weighted by Gasteiger charge is 2.25. The normalized spacial score (nSPS) is 16.4. The zero-order chi connectivity index (χ0) is 19.6. The number of ether oxygens (including phenoxy) is 1. The molecular weight excluding hydrogens is 350 g/mol. The Bertz CT molecular complexity index is 744. The van der Waals surface area contributed by atoms with E-state index in [1.54, 1.807) is 20.4 Å². The Morgan fingerprint density at radius 2 is 1.89 bits per heavy atom. The molecule has 28 heavy (non-hydrogen) atoms. The maximum atomic E-state index is 5.65. The molecule has 1 atom stereocenters.